The molecule has 2 aromatic heterocycles. The third kappa shape index (κ3) is 3.01. The van der Waals surface area contributed by atoms with Crippen LogP contribution in [0.1, 0.15) is 55.1 Å². The fourth-order valence-corrected chi connectivity index (χ4v) is 2.15. The van der Waals surface area contributed by atoms with Gasteiger partial charge < -0.3 is 14.3 Å². The maximum Gasteiger partial charge on any atom is 0.230 e. The van der Waals surface area contributed by atoms with Crippen LogP contribution in [0.15, 0.2) is 8.94 Å². The highest BCUT2D eigenvalue weighted by Crippen LogP contribution is 2.24. The maximum atomic E-state index is 5.48. The molecule has 0 aliphatic rings. The lowest BCUT2D eigenvalue weighted by Gasteiger charge is -2.15. The number of hydrogen-bond acceptors (Lipinski definition) is 6. The van der Waals surface area contributed by atoms with Gasteiger partial charge in [0.15, 0.2) is 0 Å². The molecule has 6 heteroatoms. The van der Waals surface area contributed by atoms with E-state index in [2.05, 4.69) is 27.6 Å². The van der Waals surface area contributed by atoms with Gasteiger partial charge in [-0.2, -0.15) is 0 Å². The van der Waals surface area contributed by atoms with E-state index in [0.717, 1.165) is 29.9 Å². The second kappa shape index (κ2) is 5.97. The summed E-state index contributed by atoms with van der Waals surface area (Å²) in [5.41, 5.74) is 2.05. The Bertz CT molecular complexity index is 513. The van der Waals surface area contributed by atoms with Gasteiger partial charge in [0, 0.05) is 18.0 Å². The average molecular weight is 264 g/mol. The first-order valence-electron chi connectivity index (χ1n) is 6.63. The van der Waals surface area contributed by atoms with Crippen LogP contribution in [0.25, 0.3) is 0 Å². The normalized spacial score (nSPS) is 12.8. The van der Waals surface area contributed by atoms with E-state index >= 15 is 0 Å². The molecule has 19 heavy (non-hydrogen) atoms. The van der Waals surface area contributed by atoms with Gasteiger partial charge in [-0.3, -0.25) is 0 Å². The minimum absolute atomic E-state index is 0.184. The van der Waals surface area contributed by atoms with Crippen LogP contribution >= 0.6 is 0 Å². The minimum atomic E-state index is 0.184. The third-order valence-electron chi connectivity index (χ3n) is 3.16. The molecule has 2 heterocycles. The van der Waals surface area contributed by atoms with Crippen LogP contribution in [-0.2, 0) is 13.0 Å². The van der Waals surface area contributed by atoms with E-state index in [4.69, 9.17) is 8.94 Å². The molecule has 0 saturated carbocycles. The zero-order valence-corrected chi connectivity index (χ0v) is 11.9. The van der Waals surface area contributed by atoms with Crippen molar-refractivity contribution in [3.8, 4) is 0 Å². The molecule has 0 amide bonds. The molecule has 0 aliphatic carbocycles. The smallest absolute Gasteiger partial charge is 0.230 e. The summed E-state index contributed by atoms with van der Waals surface area (Å²) in [7, 11) is 0. The summed E-state index contributed by atoms with van der Waals surface area (Å²) >= 11 is 0. The molecule has 1 atom stereocenters. The van der Waals surface area contributed by atoms with Crippen LogP contribution in [0, 0.1) is 13.8 Å². The second-order valence-electron chi connectivity index (χ2n) is 4.52. The fourth-order valence-electron chi connectivity index (χ4n) is 2.15. The van der Waals surface area contributed by atoms with Crippen molar-refractivity contribution in [3.63, 3.8) is 0 Å². The second-order valence-corrected chi connectivity index (χ2v) is 4.52. The quantitative estimate of drug-likeness (QED) is 0.863. The lowest BCUT2D eigenvalue weighted by Crippen LogP contribution is -2.21. The van der Waals surface area contributed by atoms with Gasteiger partial charge in [0.05, 0.1) is 12.2 Å². The monoisotopic (exact) mass is 264 g/mol. The molecule has 2 rings (SSSR count). The summed E-state index contributed by atoms with van der Waals surface area (Å²) in [5.74, 6) is 2.14. The molecular formula is C13H20N4O2. The van der Waals surface area contributed by atoms with Gasteiger partial charge in [-0.15, -0.1) is 10.2 Å². The van der Waals surface area contributed by atoms with Crippen LogP contribution in [0.4, 0.5) is 0 Å². The standard InChI is InChI=1S/C13H20N4O2/c1-5-10(13-8(3)17-19-9(13)4)14-7-12-16-15-11(6-2)18-12/h10,14H,5-7H2,1-4H3/t10-/m0/s1. The Morgan fingerprint density at radius 1 is 1.16 bits per heavy atom. The van der Waals surface area contributed by atoms with Crippen LogP contribution in [0.2, 0.25) is 0 Å². The largest absolute Gasteiger partial charge is 0.424 e. The fraction of sp³-hybridized carbons (Fsp3) is 0.615. The van der Waals surface area contributed by atoms with Gasteiger partial charge in [-0.05, 0) is 20.3 Å². The van der Waals surface area contributed by atoms with Gasteiger partial charge in [-0.1, -0.05) is 19.0 Å². The molecule has 0 saturated heterocycles. The van der Waals surface area contributed by atoms with Crippen molar-refractivity contribution in [2.24, 2.45) is 0 Å². The lowest BCUT2D eigenvalue weighted by atomic mass is 10.0. The summed E-state index contributed by atoms with van der Waals surface area (Å²) in [5, 5.41) is 15.4. The van der Waals surface area contributed by atoms with E-state index in [1.807, 2.05) is 20.8 Å². The number of rotatable bonds is 6. The Labute approximate surface area is 112 Å². The van der Waals surface area contributed by atoms with E-state index < -0.39 is 0 Å². The summed E-state index contributed by atoms with van der Waals surface area (Å²) < 4.78 is 10.7. The average Bonchev–Trinajstić information content (AvgIpc) is 3.00. The first-order valence-corrected chi connectivity index (χ1v) is 6.63. The van der Waals surface area contributed by atoms with Gasteiger partial charge >= 0.3 is 0 Å². The molecule has 104 valence electrons. The van der Waals surface area contributed by atoms with E-state index in [-0.39, 0.29) is 6.04 Å². The molecule has 0 spiro atoms. The van der Waals surface area contributed by atoms with E-state index in [1.54, 1.807) is 0 Å². The zero-order chi connectivity index (χ0) is 13.8. The van der Waals surface area contributed by atoms with E-state index in [0.29, 0.717) is 18.3 Å². The SMILES string of the molecule is CCc1nnc(CN[C@@H](CC)c2c(C)noc2C)o1. The number of aromatic nitrogens is 3. The van der Waals surface area contributed by atoms with Crippen LogP contribution in [-0.4, -0.2) is 15.4 Å². The van der Waals surface area contributed by atoms with Gasteiger partial charge in [0.2, 0.25) is 11.8 Å². The van der Waals surface area contributed by atoms with Crippen molar-refractivity contribution in [1.82, 2.24) is 20.7 Å². The predicted molar refractivity (Wildman–Crippen MR) is 69.5 cm³/mol. The Morgan fingerprint density at radius 3 is 2.42 bits per heavy atom. The van der Waals surface area contributed by atoms with Crippen molar-refractivity contribution in [2.45, 2.75) is 53.1 Å². The third-order valence-corrected chi connectivity index (χ3v) is 3.16. The molecule has 1 N–H and O–H groups in total. The Hall–Kier alpha value is -1.69. The maximum absolute atomic E-state index is 5.48. The summed E-state index contributed by atoms with van der Waals surface area (Å²) in [6.07, 6.45) is 1.70. The van der Waals surface area contributed by atoms with Gasteiger partial charge in [0.25, 0.3) is 0 Å². The van der Waals surface area contributed by atoms with Gasteiger partial charge in [0.1, 0.15) is 5.76 Å². The van der Waals surface area contributed by atoms with Crippen molar-refractivity contribution < 1.29 is 8.94 Å². The molecular weight excluding hydrogens is 244 g/mol. The van der Waals surface area contributed by atoms with Crippen molar-refractivity contribution in [3.05, 3.63) is 28.8 Å². The molecule has 0 fully saturated rings. The molecule has 0 bridgehead atoms. The number of nitrogens with one attached hydrogen (secondary N) is 1. The Balaban J connectivity index is 2.04. The van der Waals surface area contributed by atoms with Crippen LogP contribution in [0.3, 0.4) is 0 Å². The number of hydrogen-bond donors (Lipinski definition) is 1. The highest BCUT2D eigenvalue weighted by Gasteiger charge is 2.19. The van der Waals surface area contributed by atoms with E-state index in [1.165, 1.54) is 0 Å². The Kier molecular flexibility index (Phi) is 4.31. The van der Waals surface area contributed by atoms with Crippen molar-refractivity contribution in [1.29, 1.82) is 0 Å². The van der Waals surface area contributed by atoms with Crippen LogP contribution in [0.5, 0.6) is 0 Å². The first-order chi connectivity index (χ1) is 9.15. The van der Waals surface area contributed by atoms with E-state index in [9.17, 15) is 0 Å². The van der Waals surface area contributed by atoms with Gasteiger partial charge in [-0.25, -0.2) is 0 Å². The van der Waals surface area contributed by atoms with Crippen LogP contribution < -0.4 is 5.32 Å². The van der Waals surface area contributed by atoms with Crippen molar-refractivity contribution >= 4 is 0 Å². The summed E-state index contributed by atoms with van der Waals surface area (Å²) in [6.45, 7) is 8.55. The highest BCUT2D eigenvalue weighted by atomic mass is 16.5. The zero-order valence-electron chi connectivity index (χ0n) is 11.9. The molecule has 6 nitrogen and oxygen atoms in total. The summed E-state index contributed by atoms with van der Waals surface area (Å²) in [4.78, 5) is 0. The molecule has 0 aliphatic heterocycles. The first kappa shape index (κ1) is 13.7. The molecule has 0 unspecified atom stereocenters. The highest BCUT2D eigenvalue weighted by molar-refractivity contribution is 5.24. The molecule has 2 aromatic rings. The topological polar surface area (TPSA) is 77.0 Å². The number of nitrogens with zero attached hydrogens (tertiary/aromatic N) is 3. The predicted octanol–water partition coefficient (Wildman–Crippen LogP) is 2.48. The minimum Gasteiger partial charge on any atom is -0.424 e. The summed E-state index contributed by atoms with van der Waals surface area (Å²) in [6, 6.07) is 0.184. The molecule has 0 aromatic carbocycles. The Morgan fingerprint density at radius 2 is 1.89 bits per heavy atom. The molecule has 0 radical (unpaired) electrons. The van der Waals surface area contributed by atoms with Crippen molar-refractivity contribution in [2.75, 3.05) is 0 Å². The number of aryl methyl sites for hydroxylation is 3. The lowest BCUT2D eigenvalue weighted by molar-refractivity contribution is 0.385.